The minimum Gasteiger partial charge on any atom is -0.206 e. The fourth-order valence-corrected chi connectivity index (χ4v) is 1.96. The van der Waals surface area contributed by atoms with Crippen LogP contribution in [0.2, 0.25) is 0 Å². The summed E-state index contributed by atoms with van der Waals surface area (Å²) in [6.45, 7) is 0. The lowest BCUT2D eigenvalue weighted by atomic mass is 9.97. The highest BCUT2D eigenvalue weighted by Gasteiger charge is 2.10. The Kier molecular flexibility index (Phi) is 2.01. The normalized spacial score (nSPS) is 14.5. The summed E-state index contributed by atoms with van der Waals surface area (Å²) < 4.78 is 13.6. The predicted octanol–water partition coefficient (Wildman–Crippen LogP) is 3.55. The molecule has 0 amide bonds. The number of halogens is 2. The average molecular weight is 227 g/mol. The van der Waals surface area contributed by atoms with E-state index in [0.29, 0.717) is 4.47 Å². The van der Waals surface area contributed by atoms with E-state index in [4.69, 9.17) is 0 Å². The molecule has 0 fully saturated rings. The molecular weight excluding hydrogens is 219 g/mol. The van der Waals surface area contributed by atoms with Crippen LogP contribution in [0.5, 0.6) is 0 Å². The molecule has 1 aliphatic rings. The lowest BCUT2D eigenvalue weighted by Crippen LogP contribution is -1.96. The van der Waals surface area contributed by atoms with Crippen molar-refractivity contribution in [1.29, 1.82) is 0 Å². The van der Waals surface area contributed by atoms with Crippen LogP contribution in [0.25, 0.3) is 6.08 Å². The number of hydrogen-bond donors (Lipinski definition) is 0. The van der Waals surface area contributed by atoms with Gasteiger partial charge >= 0.3 is 0 Å². The highest BCUT2D eigenvalue weighted by Crippen LogP contribution is 2.28. The van der Waals surface area contributed by atoms with E-state index in [1.54, 1.807) is 0 Å². The van der Waals surface area contributed by atoms with Crippen LogP contribution >= 0.6 is 15.9 Å². The number of hydrogen-bond acceptors (Lipinski definition) is 0. The molecule has 12 heavy (non-hydrogen) atoms. The lowest BCUT2D eigenvalue weighted by molar-refractivity contribution is 0.619. The monoisotopic (exact) mass is 226 g/mol. The first-order valence-corrected chi connectivity index (χ1v) is 4.72. The molecule has 0 atom stereocenters. The Morgan fingerprint density at radius 3 is 3.00 bits per heavy atom. The van der Waals surface area contributed by atoms with E-state index in [1.165, 1.54) is 11.6 Å². The van der Waals surface area contributed by atoms with E-state index < -0.39 is 0 Å². The lowest BCUT2D eigenvalue weighted by Gasteiger charge is -2.11. The van der Waals surface area contributed by atoms with Crippen molar-refractivity contribution in [3.8, 4) is 0 Å². The van der Waals surface area contributed by atoms with E-state index >= 15 is 0 Å². The predicted molar refractivity (Wildman–Crippen MR) is 51.5 cm³/mol. The Balaban J connectivity index is 2.64. The fourth-order valence-electron chi connectivity index (χ4n) is 1.44. The largest absolute Gasteiger partial charge is 0.206 e. The van der Waals surface area contributed by atoms with Gasteiger partial charge < -0.3 is 0 Å². The molecule has 0 unspecified atom stereocenters. The van der Waals surface area contributed by atoms with Crippen molar-refractivity contribution < 1.29 is 4.39 Å². The molecule has 1 aliphatic carbocycles. The Labute approximate surface area is 79.2 Å². The molecule has 0 bridgehead atoms. The third-order valence-corrected chi connectivity index (χ3v) is 2.89. The highest BCUT2D eigenvalue weighted by molar-refractivity contribution is 9.10. The fraction of sp³-hybridized carbons (Fsp3) is 0.200. The molecule has 1 aromatic carbocycles. The molecule has 0 radical (unpaired) electrons. The van der Waals surface area contributed by atoms with E-state index in [1.807, 2.05) is 12.1 Å². The summed E-state index contributed by atoms with van der Waals surface area (Å²) in [6.07, 6.45) is 6.13. The zero-order valence-electron chi connectivity index (χ0n) is 6.48. The number of fused-ring (bicyclic) bond motifs is 1. The van der Waals surface area contributed by atoms with Gasteiger partial charge in [-0.3, -0.25) is 0 Å². The molecule has 2 rings (SSSR count). The molecule has 62 valence electrons. The summed E-state index contributed by atoms with van der Waals surface area (Å²) in [6, 6.07) is 3.38. The van der Waals surface area contributed by atoms with Crippen LogP contribution in [-0.2, 0) is 6.42 Å². The zero-order valence-corrected chi connectivity index (χ0v) is 8.07. The maximum absolute atomic E-state index is 13.0. The first-order chi connectivity index (χ1) is 5.79. The van der Waals surface area contributed by atoms with Crippen LogP contribution in [0.15, 0.2) is 22.7 Å². The van der Waals surface area contributed by atoms with Gasteiger partial charge in [0.25, 0.3) is 0 Å². The van der Waals surface area contributed by atoms with Gasteiger partial charge in [0.05, 0.1) is 4.47 Å². The third-order valence-electron chi connectivity index (χ3n) is 2.09. The van der Waals surface area contributed by atoms with Gasteiger partial charge in [-0.15, -0.1) is 0 Å². The standard InChI is InChI=1S/C10H8BrF/c11-10-8-4-2-1-3-7(8)5-6-9(10)12/h2,4-6H,1,3H2. The third kappa shape index (κ3) is 1.20. The van der Waals surface area contributed by atoms with E-state index in [0.717, 1.165) is 18.4 Å². The number of aryl methyl sites for hydroxylation is 1. The minimum atomic E-state index is -0.180. The number of benzene rings is 1. The molecule has 0 aliphatic heterocycles. The van der Waals surface area contributed by atoms with Gasteiger partial charge in [0.15, 0.2) is 0 Å². The van der Waals surface area contributed by atoms with Crippen LogP contribution in [0.1, 0.15) is 17.5 Å². The van der Waals surface area contributed by atoms with Crippen LogP contribution in [-0.4, -0.2) is 0 Å². The van der Waals surface area contributed by atoms with Crippen LogP contribution in [0.3, 0.4) is 0 Å². The van der Waals surface area contributed by atoms with Gasteiger partial charge in [-0.25, -0.2) is 4.39 Å². The zero-order chi connectivity index (χ0) is 8.55. The summed E-state index contributed by atoms with van der Waals surface area (Å²) in [7, 11) is 0. The topological polar surface area (TPSA) is 0 Å². The van der Waals surface area contributed by atoms with Crippen molar-refractivity contribution in [3.63, 3.8) is 0 Å². The van der Waals surface area contributed by atoms with Gasteiger partial charge in [0.2, 0.25) is 0 Å². The summed E-state index contributed by atoms with van der Waals surface area (Å²) in [4.78, 5) is 0. The maximum Gasteiger partial charge on any atom is 0.138 e. The van der Waals surface area contributed by atoms with Gasteiger partial charge in [-0.1, -0.05) is 18.2 Å². The van der Waals surface area contributed by atoms with Crippen molar-refractivity contribution in [2.75, 3.05) is 0 Å². The SMILES string of the molecule is Fc1ccc2c(c1Br)C=CCC2. The maximum atomic E-state index is 13.0. The van der Waals surface area contributed by atoms with Crippen molar-refractivity contribution in [3.05, 3.63) is 39.6 Å². The molecule has 0 aromatic heterocycles. The van der Waals surface area contributed by atoms with E-state index in [-0.39, 0.29) is 5.82 Å². The Hall–Kier alpha value is -0.630. The number of rotatable bonds is 0. The van der Waals surface area contributed by atoms with Gasteiger partial charge in [0.1, 0.15) is 5.82 Å². The summed E-state index contributed by atoms with van der Waals surface area (Å²) >= 11 is 3.24. The molecule has 2 heteroatoms. The molecule has 0 nitrogen and oxygen atoms in total. The van der Waals surface area contributed by atoms with Gasteiger partial charge in [-0.2, -0.15) is 0 Å². The van der Waals surface area contributed by atoms with Crippen LogP contribution in [0.4, 0.5) is 4.39 Å². The summed E-state index contributed by atoms with van der Waals surface area (Å²) in [5.74, 6) is -0.180. The molecule has 0 saturated carbocycles. The summed E-state index contributed by atoms with van der Waals surface area (Å²) in [5.41, 5.74) is 2.23. The highest BCUT2D eigenvalue weighted by atomic mass is 79.9. The number of allylic oxidation sites excluding steroid dienone is 1. The molecule has 1 aromatic rings. The molecule has 0 spiro atoms. The summed E-state index contributed by atoms with van der Waals surface area (Å²) in [5, 5.41) is 0. The molecular formula is C10H8BrF. The second-order valence-corrected chi connectivity index (χ2v) is 3.67. The smallest absolute Gasteiger partial charge is 0.138 e. The van der Waals surface area contributed by atoms with E-state index in [2.05, 4.69) is 22.0 Å². The molecule has 0 heterocycles. The van der Waals surface area contributed by atoms with Crippen molar-refractivity contribution in [2.45, 2.75) is 12.8 Å². The first kappa shape index (κ1) is 7.99. The molecule has 0 saturated heterocycles. The van der Waals surface area contributed by atoms with Gasteiger partial charge in [0, 0.05) is 0 Å². The Morgan fingerprint density at radius 1 is 1.33 bits per heavy atom. The minimum absolute atomic E-state index is 0.180. The van der Waals surface area contributed by atoms with Crippen molar-refractivity contribution in [2.24, 2.45) is 0 Å². The Bertz CT molecular complexity index is 342. The van der Waals surface area contributed by atoms with Crippen LogP contribution in [0, 0.1) is 5.82 Å². The van der Waals surface area contributed by atoms with Crippen molar-refractivity contribution in [1.82, 2.24) is 0 Å². The first-order valence-electron chi connectivity index (χ1n) is 3.92. The van der Waals surface area contributed by atoms with Crippen molar-refractivity contribution >= 4 is 22.0 Å². The van der Waals surface area contributed by atoms with Crippen LogP contribution < -0.4 is 0 Å². The van der Waals surface area contributed by atoms with E-state index in [9.17, 15) is 4.39 Å². The second-order valence-electron chi connectivity index (χ2n) is 2.88. The second kappa shape index (κ2) is 3.02. The molecule has 0 N–H and O–H groups in total. The Morgan fingerprint density at radius 2 is 2.17 bits per heavy atom. The quantitative estimate of drug-likeness (QED) is 0.635. The average Bonchev–Trinajstić information content (AvgIpc) is 2.12. The van der Waals surface area contributed by atoms with Gasteiger partial charge in [-0.05, 0) is 46.0 Å².